The standard InChI is InChI=1S/C9H13ClOS/c1-2-7(6-11)5-8-3-4-9(10)12-8/h3-4,7,11H,2,5-6H2,1H3. The van der Waals surface area contributed by atoms with E-state index >= 15 is 0 Å². The van der Waals surface area contributed by atoms with Crippen LogP contribution in [0.4, 0.5) is 0 Å². The topological polar surface area (TPSA) is 20.2 Å². The molecule has 1 aromatic rings. The van der Waals surface area contributed by atoms with Crippen LogP contribution in [0.1, 0.15) is 18.2 Å². The third-order valence-electron chi connectivity index (χ3n) is 1.95. The van der Waals surface area contributed by atoms with E-state index in [0.29, 0.717) is 5.92 Å². The van der Waals surface area contributed by atoms with E-state index in [9.17, 15) is 0 Å². The number of aliphatic hydroxyl groups is 1. The maximum absolute atomic E-state index is 8.97. The van der Waals surface area contributed by atoms with E-state index in [1.54, 1.807) is 11.3 Å². The molecule has 1 atom stereocenters. The summed E-state index contributed by atoms with van der Waals surface area (Å²) < 4.78 is 0.831. The lowest BCUT2D eigenvalue weighted by atomic mass is 10.0. The molecule has 0 spiro atoms. The Morgan fingerprint density at radius 1 is 1.58 bits per heavy atom. The summed E-state index contributed by atoms with van der Waals surface area (Å²) in [5.41, 5.74) is 0. The first kappa shape index (κ1) is 10.0. The Labute approximate surface area is 82.0 Å². The molecule has 1 nitrogen and oxygen atoms in total. The van der Waals surface area contributed by atoms with Gasteiger partial charge in [0.2, 0.25) is 0 Å². The van der Waals surface area contributed by atoms with Crippen LogP contribution in [0.2, 0.25) is 4.34 Å². The van der Waals surface area contributed by atoms with Crippen molar-refractivity contribution in [2.24, 2.45) is 5.92 Å². The van der Waals surface area contributed by atoms with Crippen LogP contribution in [0.3, 0.4) is 0 Å². The molecule has 1 heterocycles. The first-order valence-electron chi connectivity index (χ1n) is 4.11. The monoisotopic (exact) mass is 204 g/mol. The Balaban J connectivity index is 2.50. The number of aliphatic hydroxyl groups excluding tert-OH is 1. The highest BCUT2D eigenvalue weighted by molar-refractivity contribution is 7.16. The maximum atomic E-state index is 8.97. The number of hydrogen-bond acceptors (Lipinski definition) is 2. The zero-order chi connectivity index (χ0) is 8.97. The van der Waals surface area contributed by atoms with Gasteiger partial charge in [-0.1, -0.05) is 24.9 Å². The van der Waals surface area contributed by atoms with Crippen LogP contribution in [0, 0.1) is 5.92 Å². The number of thiophene rings is 1. The molecule has 0 aliphatic rings. The third-order valence-corrected chi connectivity index (χ3v) is 3.21. The largest absolute Gasteiger partial charge is 0.396 e. The molecule has 0 bridgehead atoms. The Bertz CT molecular complexity index is 230. The van der Waals surface area contributed by atoms with Gasteiger partial charge in [-0.05, 0) is 24.5 Å². The van der Waals surface area contributed by atoms with Crippen molar-refractivity contribution < 1.29 is 5.11 Å². The van der Waals surface area contributed by atoms with Crippen LogP contribution < -0.4 is 0 Å². The lowest BCUT2D eigenvalue weighted by molar-refractivity contribution is 0.222. The average molecular weight is 205 g/mol. The van der Waals surface area contributed by atoms with E-state index < -0.39 is 0 Å². The van der Waals surface area contributed by atoms with Gasteiger partial charge in [-0.2, -0.15) is 0 Å². The first-order valence-corrected chi connectivity index (χ1v) is 5.30. The molecule has 1 N–H and O–H groups in total. The lowest BCUT2D eigenvalue weighted by Gasteiger charge is -2.08. The molecular formula is C9H13ClOS. The Morgan fingerprint density at radius 2 is 2.33 bits per heavy atom. The van der Waals surface area contributed by atoms with Gasteiger partial charge < -0.3 is 5.11 Å². The Hall–Kier alpha value is -0.0500. The van der Waals surface area contributed by atoms with E-state index in [-0.39, 0.29) is 6.61 Å². The summed E-state index contributed by atoms with van der Waals surface area (Å²) in [5.74, 6) is 0.389. The van der Waals surface area contributed by atoms with Gasteiger partial charge >= 0.3 is 0 Å². The van der Waals surface area contributed by atoms with Crippen molar-refractivity contribution in [1.82, 2.24) is 0 Å². The molecule has 3 heteroatoms. The van der Waals surface area contributed by atoms with Crippen LogP contribution in [-0.4, -0.2) is 11.7 Å². The van der Waals surface area contributed by atoms with Crippen molar-refractivity contribution in [1.29, 1.82) is 0 Å². The highest BCUT2D eigenvalue weighted by Crippen LogP contribution is 2.24. The molecular weight excluding hydrogens is 192 g/mol. The fraction of sp³-hybridized carbons (Fsp3) is 0.556. The minimum absolute atomic E-state index is 0.270. The van der Waals surface area contributed by atoms with Gasteiger partial charge in [0.1, 0.15) is 0 Å². The van der Waals surface area contributed by atoms with E-state index in [4.69, 9.17) is 16.7 Å². The summed E-state index contributed by atoms with van der Waals surface area (Å²) in [7, 11) is 0. The predicted molar refractivity (Wildman–Crippen MR) is 53.9 cm³/mol. The number of hydrogen-bond donors (Lipinski definition) is 1. The molecule has 68 valence electrons. The van der Waals surface area contributed by atoms with Crippen molar-refractivity contribution in [3.8, 4) is 0 Å². The summed E-state index contributed by atoms with van der Waals surface area (Å²) in [4.78, 5) is 1.26. The summed E-state index contributed by atoms with van der Waals surface area (Å²) in [6.07, 6.45) is 1.97. The number of rotatable bonds is 4. The van der Waals surface area contributed by atoms with Crippen LogP contribution in [0.25, 0.3) is 0 Å². The van der Waals surface area contributed by atoms with Gasteiger partial charge in [-0.3, -0.25) is 0 Å². The van der Waals surface area contributed by atoms with Crippen molar-refractivity contribution in [2.75, 3.05) is 6.61 Å². The first-order chi connectivity index (χ1) is 5.76. The second-order valence-electron chi connectivity index (χ2n) is 2.87. The van der Waals surface area contributed by atoms with Crippen molar-refractivity contribution in [3.05, 3.63) is 21.3 Å². The maximum Gasteiger partial charge on any atom is 0.0931 e. The minimum atomic E-state index is 0.270. The van der Waals surface area contributed by atoms with E-state index in [2.05, 4.69) is 6.92 Å². The summed E-state index contributed by atoms with van der Waals surface area (Å²) in [5, 5.41) is 8.97. The number of halogens is 1. The van der Waals surface area contributed by atoms with Gasteiger partial charge in [0.15, 0.2) is 0 Å². The van der Waals surface area contributed by atoms with Crippen molar-refractivity contribution in [2.45, 2.75) is 19.8 Å². The molecule has 0 saturated heterocycles. The molecule has 0 amide bonds. The molecule has 0 aliphatic heterocycles. The van der Waals surface area contributed by atoms with E-state index in [0.717, 1.165) is 17.2 Å². The minimum Gasteiger partial charge on any atom is -0.396 e. The second kappa shape index (κ2) is 4.85. The Kier molecular flexibility index (Phi) is 4.06. The second-order valence-corrected chi connectivity index (χ2v) is 4.67. The Morgan fingerprint density at radius 3 is 2.75 bits per heavy atom. The normalized spacial score (nSPS) is 13.2. The molecule has 0 radical (unpaired) electrons. The van der Waals surface area contributed by atoms with Crippen molar-refractivity contribution in [3.63, 3.8) is 0 Å². The fourth-order valence-electron chi connectivity index (χ4n) is 1.08. The average Bonchev–Trinajstić information content (AvgIpc) is 2.47. The van der Waals surface area contributed by atoms with Gasteiger partial charge in [0, 0.05) is 11.5 Å². The van der Waals surface area contributed by atoms with Crippen LogP contribution in [-0.2, 0) is 6.42 Å². The molecule has 0 aromatic carbocycles. The SMILES string of the molecule is CCC(CO)Cc1ccc(Cl)s1. The smallest absolute Gasteiger partial charge is 0.0931 e. The summed E-state index contributed by atoms with van der Waals surface area (Å²) in [6, 6.07) is 3.94. The molecule has 0 fully saturated rings. The van der Waals surface area contributed by atoms with Crippen LogP contribution >= 0.6 is 22.9 Å². The van der Waals surface area contributed by atoms with E-state index in [1.807, 2.05) is 12.1 Å². The molecule has 0 saturated carbocycles. The zero-order valence-electron chi connectivity index (χ0n) is 7.09. The van der Waals surface area contributed by atoms with Gasteiger partial charge in [-0.15, -0.1) is 11.3 Å². The zero-order valence-corrected chi connectivity index (χ0v) is 8.66. The third kappa shape index (κ3) is 2.77. The lowest BCUT2D eigenvalue weighted by Crippen LogP contribution is -2.06. The molecule has 1 aromatic heterocycles. The van der Waals surface area contributed by atoms with Gasteiger partial charge in [-0.25, -0.2) is 0 Å². The molecule has 1 unspecified atom stereocenters. The fourth-order valence-corrected chi connectivity index (χ4v) is 2.29. The van der Waals surface area contributed by atoms with Crippen LogP contribution in [0.15, 0.2) is 12.1 Å². The molecule has 12 heavy (non-hydrogen) atoms. The predicted octanol–water partition coefficient (Wildman–Crippen LogP) is 2.96. The van der Waals surface area contributed by atoms with Crippen molar-refractivity contribution >= 4 is 22.9 Å². The molecule has 0 aliphatic carbocycles. The van der Waals surface area contributed by atoms with E-state index in [1.165, 1.54) is 4.88 Å². The summed E-state index contributed by atoms with van der Waals surface area (Å²) >= 11 is 7.39. The summed E-state index contributed by atoms with van der Waals surface area (Å²) in [6.45, 7) is 2.36. The highest BCUT2D eigenvalue weighted by Gasteiger charge is 2.07. The molecule has 1 rings (SSSR count). The van der Waals surface area contributed by atoms with Gasteiger partial charge in [0.25, 0.3) is 0 Å². The van der Waals surface area contributed by atoms with Gasteiger partial charge in [0.05, 0.1) is 4.34 Å². The van der Waals surface area contributed by atoms with Crippen LogP contribution in [0.5, 0.6) is 0 Å². The quantitative estimate of drug-likeness (QED) is 0.800. The highest BCUT2D eigenvalue weighted by atomic mass is 35.5.